The van der Waals surface area contributed by atoms with Crippen molar-refractivity contribution in [2.75, 3.05) is 17.2 Å². The van der Waals surface area contributed by atoms with Crippen LogP contribution in [0.1, 0.15) is 45.4 Å². The second kappa shape index (κ2) is 6.37. The van der Waals surface area contributed by atoms with Crippen LogP contribution in [0.15, 0.2) is 18.2 Å². The Morgan fingerprint density at radius 1 is 1.24 bits per heavy atom. The van der Waals surface area contributed by atoms with Crippen molar-refractivity contribution < 1.29 is 9.53 Å². The van der Waals surface area contributed by atoms with E-state index in [1.54, 1.807) is 0 Å². The second-order valence-corrected chi connectivity index (χ2v) is 6.04. The summed E-state index contributed by atoms with van der Waals surface area (Å²) in [7, 11) is 0. The molecule has 0 bridgehead atoms. The van der Waals surface area contributed by atoms with E-state index >= 15 is 0 Å². The minimum Gasteiger partial charge on any atom is -0.491 e. The molecule has 21 heavy (non-hydrogen) atoms. The zero-order valence-electron chi connectivity index (χ0n) is 12.7. The zero-order chi connectivity index (χ0) is 14.7. The van der Waals surface area contributed by atoms with Crippen molar-refractivity contribution in [3.05, 3.63) is 18.2 Å². The molecule has 4 heteroatoms. The summed E-state index contributed by atoms with van der Waals surface area (Å²) < 4.78 is 5.73. The van der Waals surface area contributed by atoms with Gasteiger partial charge in [-0.25, -0.2) is 0 Å². The first-order valence-electron chi connectivity index (χ1n) is 8.13. The van der Waals surface area contributed by atoms with Crippen molar-refractivity contribution in [3.8, 4) is 5.75 Å². The first kappa shape index (κ1) is 14.2. The maximum Gasteiger partial charge on any atom is 0.247 e. The Morgan fingerprint density at radius 2 is 2.05 bits per heavy atom. The van der Waals surface area contributed by atoms with E-state index in [1.807, 2.05) is 18.2 Å². The van der Waals surface area contributed by atoms with Gasteiger partial charge in [0.25, 0.3) is 0 Å². The van der Waals surface area contributed by atoms with Crippen molar-refractivity contribution >= 4 is 17.3 Å². The van der Waals surface area contributed by atoms with Crippen LogP contribution < -0.4 is 15.4 Å². The monoisotopic (exact) mass is 288 g/mol. The third kappa shape index (κ3) is 2.99. The minimum atomic E-state index is -0.0979. The molecule has 1 amide bonds. The third-order valence-electron chi connectivity index (χ3n) is 4.45. The highest BCUT2D eigenvalue weighted by Gasteiger charge is 2.34. The number of carbonyl (C=O) groups excluding carboxylic acids is 1. The standard InChI is InChI=1S/C17H24N2O2/c1-2-11-21-14-10-6-9-13-16(14)19-17(20)15(18-13)12-7-4-3-5-8-12/h6,9-10,12,15,18H,2-5,7-8,11H2,1H3,(H,19,20). The molecule has 0 aromatic heterocycles. The molecule has 4 nitrogen and oxygen atoms in total. The number of nitrogens with one attached hydrogen (secondary N) is 2. The Bertz CT molecular complexity index is 510. The van der Waals surface area contributed by atoms with Crippen molar-refractivity contribution in [3.63, 3.8) is 0 Å². The molecule has 0 saturated heterocycles. The van der Waals surface area contributed by atoms with Gasteiger partial charge in [-0.2, -0.15) is 0 Å². The highest BCUT2D eigenvalue weighted by atomic mass is 16.5. The highest BCUT2D eigenvalue weighted by molar-refractivity contribution is 6.04. The zero-order valence-corrected chi connectivity index (χ0v) is 12.7. The number of rotatable bonds is 4. The van der Waals surface area contributed by atoms with Crippen LogP contribution in [0.4, 0.5) is 11.4 Å². The summed E-state index contributed by atoms with van der Waals surface area (Å²) in [5, 5.41) is 6.50. The SMILES string of the molecule is CCCOc1cccc2c1NC(=O)C(C1CCCCC1)N2. The number of hydrogen-bond donors (Lipinski definition) is 2. The molecule has 1 heterocycles. The Labute approximate surface area is 126 Å². The van der Waals surface area contributed by atoms with E-state index in [1.165, 1.54) is 19.3 Å². The summed E-state index contributed by atoms with van der Waals surface area (Å²) in [6, 6.07) is 5.81. The van der Waals surface area contributed by atoms with Gasteiger partial charge in [-0.05, 0) is 37.3 Å². The molecule has 0 spiro atoms. The third-order valence-corrected chi connectivity index (χ3v) is 4.45. The van der Waals surface area contributed by atoms with Gasteiger partial charge in [0.05, 0.1) is 12.3 Å². The molecule has 2 aliphatic rings. The molecule has 1 aromatic rings. The fraction of sp³-hybridized carbons (Fsp3) is 0.588. The van der Waals surface area contributed by atoms with E-state index in [0.717, 1.165) is 36.4 Å². The Morgan fingerprint density at radius 3 is 2.81 bits per heavy atom. The molecule has 1 fully saturated rings. The van der Waals surface area contributed by atoms with Crippen LogP contribution in [0.3, 0.4) is 0 Å². The van der Waals surface area contributed by atoms with Crippen molar-refractivity contribution in [2.45, 2.75) is 51.5 Å². The van der Waals surface area contributed by atoms with E-state index in [9.17, 15) is 4.79 Å². The molecular formula is C17H24N2O2. The lowest BCUT2D eigenvalue weighted by Crippen LogP contribution is -2.44. The van der Waals surface area contributed by atoms with E-state index in [-0.39, 0.29) is 11.9 Å². The largest absolute Gasteiger partial charge is 0.491 e. The average molecular weight is 288 g/mol. The highest BCUT2D eigenvalue weighted by Crippen LogP contribution is 2.39. The lowest BCUT2D eigenvalue weighted by Gasteiger charge is -2.35. The van der Waals surface area contributed by atoms with Gasteiger partial charge in [0.1, 0.15) is 17.5 Å². The molecule has 3 rings (SSSR count). The summed E-state index contributed by atoms with van der Waals surface area (Å²) >= 11 is 0. The van der Waals surface area contributed by atoms with Crippen LogP contribution >= 0.6 is 0 Å². The van der Waals surface area contributed by atoms with Crippen molar-refractivity contribution in [1.29, 1.82) is 0 Å². The van der Waals surface area contributed by atoms with Crippen LogP contribution in [0, 0.1) is 5.92 Å². The van der Waals surface area contributed by atoms with Crippen LogP contribution in [0.5, 0.6) is 5.75 Å². The number of benzene rings is 1. The van der Waals surface area contributed by atoms with Gasteiger partial charge in [-0.3, -0.25) is 4.79 Å². The number of para-hydroxylation sites is 1. The van der Waals surface area contributed by atoms with Crippen LogP contribution in [-0.4, -0.2) is 18.6 Å². The predicted octanol–water partition coefficient (Wildman–Crippen LogP) is 3.79. The fourth-order valence-electron chi connectivity index (χ4n) is 3.35. The molecule has 114 valence electrons. The number of ether oxygens (including phenoxy) is 1. The Hall–Kier alpha value is -1.71. The maximum atomic E-state index is 12.5. The van der Waals surface area contributed by atoms with Gasteiger partial charge >= 0.3 is 0 Å². The molecule has 1 unspecified atom stereocenters. The number of carbonyl (C=O) groups is 1. The number of fused-ring (bicyclic) bond motifs is 1. The predicted molar refractivity (Wildman–Crippen MR) is 84.8 cm³/mol. The molecule has 1 aliphatic heterocycles. The van der Waals surface area contributed by atoms with Crippen LogP contribution in [-0.2, 0) is 4.79 Å². The summed E-state index contributed by atoms with van der Waals surface area (Å²) in [6.45, 7) is 2.74. The normalized spacial score (nSPS) is 22.1. The molecule has 1 saturated carbocycles. The summed E-state index contributed by atoms with van der Waals surface area (Å²) in [5.41, 5.74) is 1.78. The van der Waals surface area contributed by atoms with Gasteiger partial charge in [0.15, 0.2) is 0 Å². The number of amides is 1. The first-order valence-corrected chi connectivity index (χ1v) is 8.13. The van der Waals surface area contributed by atoms with Gasteiger partial charge in [0, 0.05) is 0 Å². The topological polar surface area (TPSA) is 50.4 Å². The lowest BCUT2D eigenvalue weighted by molar-refractivity contribution is -0.118. The maximum absolute atomic E-state index is 12.5. The molecule has 1 aromatic carbocycles. The van der Waals surface area contributed by atoms with Crippen molar-refractivity contribution in [1.82, 2.24) is 0 Å². The van der Waals surface area contributed by atoms with Crippen LogP contribution in [0.25, 0.3) is 0 Å². The van der Waals surface area contributed by atoms with Gasteiger partial charge in [0.2, 0.25) is 5.91 Å². The number of hydrogen-bond acceptors (Lipinski definition) is 3. The van der Waals surface area contributed by atoms with E-state index in [4.69, 9.17) is 4.74 Å². The smallest absolute Gasteiger partial charge is 0.247 e. The summed E-state index contributed by atoms with van der Waals surface area (Å²) in [5.74, 6) is 1.30. The first-order chi connectivity index (χ1) is 10.3. The van der Waals surface area contributed by atoms with Crippen molar-refractivity contribution in [2.24, 2.45) is 5.92 Å². The minimum absolute atomic E-state index is 0.0851. The molecule has 1 atom stereocenters. The molecule has 0 radical (unpaired) electrons. The summed E-state index contributed by atoms with van der Waals surface area (Å²) in [6.07, 6.45) is 7.02. The van der Waals surface area contributed by atoms with Crippen LogP contribution in [0.2, 0.25) is 0 Å². The van der Waals surface area contributed by atoms with Gasteiger partial charge in [-0.15, -0.1) is 0 Å². The second-order valence-electron chi connectivity index (χ2n) is 6.04. The van der Waals surface area contributed by atoms with E-state index in [2.05, 4.69) is 17.6 Å². The van der Waals surface area contributed by atoms with E-state index < -0.39 is 0 Å². The summed E-state index contributed by atoms with van der Waals surface area (Å²) in [4.78, 5) is 12.5. The van der Waals surface area contributed by atoms with Gasteiger partial charge < -0.3 is 15.4 Å². The molecular weight excluding hydrogens is 264 g/mol. The van der Waals surface area contributed by atoms with E-state index in [0.29, 0.717) is 12.5 Å². The van der Waals surface area contributed by atoms with Gasteiger partial charge in [-0.1, -0.05) is 32.3 Å². The molecule has 1 aliphatic carbocycles. The Balaban J connectivity index is 1.79. The molecule has 2 N–H and O–H groups in total. The Kier molecular flexibility index (Phi) is 4.32. The fourth-order valence-corrected chi connectivity index (χ4v) is 3.35. The number of anilines is 2. The lowest BCUT2D eigenvalue weighted by atomic mass is 9.82. The average Bonchev–Trinajstić information content (AvgIpc) is 2.53. The quantitative estimate of drug-likeness (QED) is 0.886.